The molecule has 4 heteroatoms. The van der Waals surface area contributed by atoms with E-state index in [0.29, 0.717) is 13.2 Å². The summed E-state index contributed by atoms with van der Waals surface area (Å²) >= 11 is 0. The van der Waals surface area contributed by atoms with Crippen LogP contribution in [0.1, 0.15) is 18.1 Å². The average molecular weight is 316 g/mol. The molecule has 1 aromatic rings. The number of aliphatic hydroxyl groups excluding tert-OH is 1. The van der Waals surface area contributed by atoms with Crippen molar-refractivity contribution in [1.82, 2.24) is 0 Å². The molecule has 2 unspecified atom stereocenters. The van der Waals surface area contributed by atoms with Crippen molar-refractivity contribution >= 4 is 5.57 Å². The summed E-state index contributed by atoms with van der Waals surface area (Å²) in [6, 6.07) is 8.22. The quantitative estimate of drug-likeness (QED) is 0.928. The lowest BCUT2D eigenvalue weighted by molar-refractivity contribution is -0.0178. The molecule has 2 atom stereocenters. The van der Waals surface area contributed by atoms with Crippen molar-refractivity contribution in [3.8, 4) is 0 Å². The van der Waals surface area contributed by atoms with Gasteiger partial charge in [0.05, 0.1) is 25.4 Å². The molecular formula is C19H24O4. The van der Waals surface area contributed by atoms with Gasteiger partial charge in [0.2, 0.25) is 0 Å². The summed E-state index contributed by atoms with van der Waals surface area (Å²) in [5.74, 6) is -0.157. The van der Waals surface area contributed by atoms with Crippen LogP contribution in [0.25, 0.3) is 5.57 Å². The van der Waals surface area contributed by atoms with Gasteiger partial charge in [-0.25, -0.2) is 0 Å². The summed E-state index contributed by atoms with van der Waals surface area (Å²) in [7, 11) is 1.69. The van der Waals surface area contributed by atoms with Crippen molar-refractivity contribution < 1.29 is 19.3 Å². The summed E-state index contributed by atoms with van der Waals surface area (Å²) in [4.78, 5) is 0. The Kier molecular flexibility index (Phi) is 4.69. The van der Waals surface area contributed by atoms with Crippen molar-refractivity contribution in [2.75, 3.05) is 26.9 Å². The Labute approximate surface area is 137 Å². The molecule has 1 aromatic carbocycles. The van der Waals surface area contributed by atoms with Gasteiger partial charge >= 0.3 is 0 Å². The zero-order valence-corrected chi connectivity index (χ0v) is 13.9. The van der Waals surface area contributed by atoms with Crippen LogP contribution in [0.2, 0.25) is 0 Å². The minimum atomic E-state index is -0.594. The lowest BCUT2D eigenvalue weighted by Gasteiger charge is -2.40. The maximum absolute atomic E-state index is 9.92. The fourth-order valence-electron chi connectivity index (χ4n) is 3.36. The van der Waals surface area contributed by atoms with E-state index in [1.807, 2.05) is 25.1 Å². The van der Waals surface area contributed by atoms with Gasteiger partial charge in [0, 0.05) is 18.6 Å². The summed E-state index contributed by atoms with van der Waals surface area (Å²) in [6.45, 7) is 5.31. The standard InChI is InChI=1S/C19H24O4/c1-13-6-4-5-7-16(13)17-11-14(18-22-8-9-23-18)10-15(12-20)19(17,2)21-3/h4-7,10-11,15,18,20H,8-9,12H2,1-3H3. The molecule has 0 saturated carbocycles. The van der Waals surface area contributed by atoms with Crippen LogP contribution in [-0.2, 0) is 14.2 Å². The highest BCUT2D eigenvalue weighted by Crippen LogP contribution is 2.43. The fourth-order valence-corrected chi connectivity index (χ4v) is 3.36. The van der Waals surface area contributed by atoms with Crippen LogP contribution in [0.4, 0.5) is 0 Å². The minimum absolute atomic E-state index is 0.00375. The molecule has 1 heterocycles. The van der Waals surface area contributed by atoms with Gasteiger partial charge in [-0.3, -0.25) is 0 Å². The maximum atomic E-state index is 9.92. The van der Waals surface area contributed by atoms with Gasteiger partial charge in [0.25, 0.3) is 0 Å². The van der Waals surface area contributed by atoms with Gasteiger partial charge in [0.15, 0.2) is 6.29 Å². The van der Waals surface area contributed by atoms with Gasteiger partial charge in [-0.1, -0.05) is 30.3 Å². The number of aryl methyl sites for hydroxylation is 1. The molecule has 1 aliphatic heterocycles. The third-order valence-corrected chi connectivity index (χ3v) is 4.90. The maximum Gasteiger partial charge on any atom is 0.183 e. The number of hydrogen-bond acceptors (Lipinski definition) is 4. The van der Waals surface area contributed by atoms with Crippen molar-refractivity contribution in [2.45, 2.75) is 25.7 Å². The van der Waals surface area contributed by atoms with Crippen LogP contribution < -0.4 is 0 Å². The van der Waals surface area contributed by atoms with Gasteiger partial charge in [-0.05, 0) is 36.6 Å². The molecular weight excluding hydrogens is 292 g/mol. The van der Waals surface area contributed by atoms with Crippen LogP contribution in [0, 0.1) is 12.8 Å². The normalized spacial score (nSPS) is 28.6. The Morgan fingerprint density at radius 1 is 1.26 bits per heavy atom. The molecule has 0 bridgehead atoms. The van der Waals surface area contributed by atoms with Gasteiger partial charge in [-0.2, -0.15) is 0 Å². The highest BCUT2D eigenvalue weighted by Gasteiger charge is 2.41. The monoisotopic (exact) mass is 316 g/mol. The van der Waals surface area contributed by atoms with E-state index < -0.39 is 5.60 Å². The second-order valence-corrected chi connectivity index (χ2v) is 6.21. The largest absolute Gasteiger partial charge is 0.396 e. The van der Waals surface area contributed by atoms with Crippen molar-refractivity contribution in [3.05, 3.63) is 53.1 Å². The molecule has 1 fully saturated rings. The second-order valence-electron chi connectivity index (χ2n) is 6.21. The van der Waals surface area contributed by atoms with E-state index in [0.717, 1.165) is 16.7 Å². The smallest absolute Gasteiger partial charge is 0.183 e. The number of benzene rings is 1. The van der Waals surface area contributed by atoms with Gasteiger partial charge < -0.3 is 19.3 Å². The van der Waals surface area contributed by atoms with E-state index in [2.05, 4.69) is 25.1 Å². The first kappa shape index (κ1) is 16.4. The van der Waals surface area contributed by atoms with Gasteiger partial charge in [-0.15, -0.1) is 0 Å². The lowest BCUT2D eigenvalue weighted by Crippen LogP contribution is -2.42. The Morgan fingerprint density at radius 3 is 2.57 bits per heavy atom. The third-order valence-electron chi connectivity index (χ3n) is 4.90. The first-order valence-corrected chi connectivity index (χ1v) is 7.99. The molecule has 23 heavy (non-hydrogen) atoms. The van der Waals surface area contributed by atoms with Crippen LogP contribution in [-0.4, -0.2) is 43.9 Å². The van der Waals surface area contributed by atoms with E-state index in [1.165, 1.54) is 5.56 Å². The fraction of sp³-hybridized carbons (Fsp3) is 0.474. The minimum Gasteiger partial charge on any atom is -0.396 e. The zero-order chi connectivity index (χ0) is 16.4. The molecule has 3 rings (SSSR count). The summed E-state index contributed by atoms with van der Waals surface area (Å²) < 4.78 is 17.1. The van der Waals surface area contributed by atoms with E-state index in [4.69, 9.17) is 14.2 Å². The Hall–Kier alpha value is -1.46. The Morgan fingerprint density at radius 2 is 1.96 bits per heavy atom. The first-order chi connectivity index (χ1) is 11.1. The molecule has 124 valence electrons. The van der Waals surface area contributed by atoms with E-state index in [9.17, 15) is 5.11 Å². The predicted octanol–water partition coefficient (Wildman–Crippen LogP) is 2.70. The SMILES string of the molecule is COC1(C)C(c2ccccc2C)=CC(C2OCCO2)=CC1CO. The highest BCUT2D eigenvalue weighted by atomic mass is 16.7. The van der Waals surface area contributed by atoms with Crippen LogP contribution >= 0.6 is 0 Å². The summed E-state index contributed by atoms with van der Waals surface area (Å²) in [5.41, 5.74) is 3.71. The van der Waals surface area contributed by atoms with Crippen LogP contribution in [0.15, 0.2) is 42.0 Å². The Balaban J connectivity index is 2.10. The first-order valence-electron chi connectivity index (χ1n) is 7.99. The highest BCUT2D eigenvalue weighted by molar-refractivity contribution is 5.78. The summed E-state index contributed by atoms with van der Waals surface area (Å²) in [5, 5.41) is 9.92. The average Bonchev–Trinajstić information content (AvgIpc) is 3.10. The number of hydrogen-bond donors (Lipinski definition) is 1. The zero-order valence-electron chi connectivity index (χ0n) is 13.9. The molecule has 1 saturated heterocycles. The van der Waals surface area contributed by atoms with Crippen molar-refractivity contribution in [1.29, 1.82) is 0 Å². The molecule has 2 aliphatic rings. The molecule has 4 nitrogen and oxygen atoms in total. The molecule has 0 aromatic heterocycles. The van der Waals surface area contributed by atoms with E-state index in [1.54, 1.807) is 7.11 Å². The van der Waals surface area contributed by atoms with E-state index in [-0.39, 0.29) is 18.8 Å². The third kappa shape index (κ3) is 2.88. The number of rotatable bonds is 4. The van der Waals surface area contributed by atoms with Gasteiger partial charge in [0.1, 0.15) is 0 Å². The Bertz CT molecular complexity index is 628. The molecule has 0 spiro atoms. The summed E-state index contributed by atoms with van der Waals surface area (Å²) in [6.07, 6.45) is 3.75. The number of aliphatic hydroxyl groups is 1. The van der Waals surface area contributed by atoms with Crippen LogP contribution in [0.5, 0.6) is 0 Å². The molecule has 0 amide bonds. The topological polar surface area (TPSA) is 47.9 Å². The number of methoxy groups -OCH3 is 1. The lowest BCUT2D eigenvalue weighted by atomic mass is 9.73. The second kappa shape index (κ2) is 6.57. The predicted molar refractivity (Wildman–Crippen MR) is 88.9 cm³/mol. The molecule has 0 radical (unpaired) electrons. The molecule has 1 N–H and O–H groups in total. The van der Waals surface area contributed by atoms with Crippen molar-refractivity contribution in [3.63, 3.8) is 0 Å². The number of ether oxygens (including phenoxy) is 3. The van der Waals surface area contributed by atoms with Crippen molar-refractivity contribution in [2.24, 2.45) is 5.92 Å². The van der Waals surface area contributed by atoms with E-state index >= 15 is 0 Å². The van der Waals surface area contributed by atoms with Crippen LogP contribution in [0.3, 0.4) is 0 Å². The molecule has 1 aliphatic carbocycles.